The van der Waals surface area contributed by atoms with Gasteiger partial charge in [0.1, 0.15) is 5.37 Å². The minimum Gasteiger partial charge on any atom is -0.543 e. The molecule has 0 radical (unpaired) electrons. The zero-order chi connectivity index (χ0) is 14.6. The van der Waals surface area contributed by atoms with Crippen molar-refractivity contribution >= 4 is 41.5 Å². The van der Waals surface area contributed by atoms with Gasteiger partial charge in [0.05, 0.1) is 22.9 Å². The largest absolute Gasteiger partial charge is 1.00 e. The summed E-state index contributed by atoms with van der Waals surface area (Å²) in [6.45, 7) is 0.952. The van der Waals surface area contributed by atoms with Gasteiger partial charge in [0, 0.05) is 18.5 Å². The summed E-state index contributed by atoms with van der Waals surface area (Å²) in [5.41, 5.74) is 1.30. The normalized spacial score (nSPS) is 24.3. The molecule has 0 aliphatic carbocycles. The van der Waals surface area contributed by atoms with Gasteiger partial charge in [-0.25, -0.2) is 4.98 Å². The quantitative estimate of drug-likeness (QED) is 0.330. The average molecular weight is 343 g/mol. The number of thioether (sulfide) groups is 2. The second-order valence-electron chi connectivity index (χ2n) is 4.90. The molecule has 1 saturated heterocycles. The van der Waals surface area contributed by atoms with Crippen LogP contribution in [0.3, 0.4) is 0 Å². The van der Waals surface area contributed by atoms with E-state index in [4.69, 9.17) is 0 Å². The molecule has 1 amide bonds. The number of fused-ring (bicyclic) bond motifs is 2. The second kappa shape index (κ2) is 6.09. The zero-order valence-corrected chi connectivity index (χ0v) is 15.4. The molecule has 3 aliphatic heterocycles. The van der Waals surface area contributed by atoms with E-state index in [0.717, 1.165) is 29.6 Å². The minimum absolute atomic E-state index is 0. The third-order valence-corrected chi connectivity index (χ3v) is 5.74. The van der Waals surface area contributed by atoms with Crippen molar-refractivity contribution in [3.05, 3.63) is 28.6 Å². The molecule has 108 valence electrons. The van der Waals surface area contributed by atoms with Crippen LogP contribution >= 0.6 is 23.5 Å². The number of hydrogen-bond acceptors (Lipinski definition) is 6. The van der Waals surface area contributed by atoms with Crippen molar-refractivity contribution in [3.8, 4) is 0 Å². The van der Waals surface area contributed by atoms with Gasteiger partial charge in [-0.15, -0.1) is 11.8 Å². The smallest absolute Gasteiger partial charge is 0.543 e. The Kier molecular flexibility index (Phi) is 4.48. The van der Waals surface area contributed by atoms with Crippen LogP contribution in [0.2, 0.25) is 0 Å². The molecule has 1 fully saturated rings. The van der Waals surface area contributed by atoms with E-state index in [1.807, 2.05) is 6.20 Å². The van der Waals surface area contributed by atoms with Crippen LogP contribution in [0.5, 0.6) is 0 Å². The molecular formula is C13H10N3NaO3S2. The standard InChI is InChI=1S/C13H11N3O3S2.Na/c17-10-8(11-16(10)9(6-21-11)12(18)19)4-7-5-15-2-1-3-20-13(15)14-7;/h4-6,11H,1-3H2,(H,18,19);/q;+1/p-1/b8-4-;/t11-;/m1./s1. The number of carbonyl (C=O) groups is 2. The van der Waals surface area contributed by atoms with Crippen LogP contribution in [0.15, 0.2) is 28.0 Å². The molecule has 3 aliphatic rings. The summed E-state index contributed by atoms with van der Waals surface area (Å²) >= 11 is 3.02. The molecule has 4 rings (SSSR count). The van der Waals surface area contributed by atoms with Crippen molar-refractivity contribution in [3.63, 3.8) is 0 Å². The molecule has 0 bridgehead atoms. The number of β-lactam (4-membered cyclic amide) rings is 1. The van der Waals surface area contributed by atoms with E-state index in [1.165, 1.54) is 22.1 Å². The van der Waals surface area contributed by atoms with Gasteiger partial charge in [-0.05, 0) is 17.9 Å². The Morgan fingerprint density at radius 3 is 3.05 bits per heavy atom. The number of nitrogens with zero attached hydrogens (tertiary/aromatic N) is 3. The molecule has 1 atom stereocenters. The van der Waals surface area contributed by atoms with Crippen LogP contribution in [0.4, 0.5) is 0 Å². The third-order valence-electron chi connectivity index (χ3n) is 3.58. The number of rotatable bonds is 2. The topological polar surface area (TPSA) is 78.3 Å². The molecule has 0 unspecified atom stereocenters. The van der Waals surface area contributed by atoms with Crippen LogP contribution in [-0.4, -0.2) is 37.5 Å². The number of aliphatic carboxylic acids is 1. The zero-order valence-electron chi connectivity index (χ0n) is 11.8. The third kappa shape index (κ3) is 2.46. The maximum atomic E-state index is 12.1. The summed E-state index contributed by atoms with van der Waals surface area (Å²) in [7, 11) is 0. The Morgan fingerprint density at radius 2 is 2.32 bits per heavy atom. The first-order valence-electron chi connectivity index (χ1n) is 6.47. The van der Waals surface area contributed by atoms with Crippen LogP contribution in [-0.2, 0) is 16.1 Å². The van der Waals surface area contributed by atoms with Gasteiger partial charge in [0.15, 0.2) is 5.16 Å². The van der Waals surface area contributed by atoms with Crippen LogP contribution in [0.1, 0.15) is 12.1 Å². The number of aromatic nitrogens is 2. The molecule has 1 aromatic rings. The van der Waals surface area contributed by atoms with Crippen LogP contribution < -0.4 is 34.7 Å². The summed E-state index contributed by atoms with van der Waals surface area (Å²) in [6.07, 6.45) is 4.82. The molecule has 0 spiro atoms. The maximum absolute atomic E-state index is 12.1. The van der Waals surface area contributed by atoms with Crippen molar-refractivity contribution in [2.75, 3.05) is 5.75 Å². The molecule has 4 heterocycles. The van der Waals surface area contributed by atoms with E-state index in [-0.39, 0.29) is 46.5 Å². The number of amides is 1. The first-order chi connectivity index (χ1) is 10.1. The van der Waals surface area contributed by atoms with Gasteiger partial charge in [0.25, 0.3) is 5.91 Å². The predicted molar refractivity (Wildman–Crippen MR) is 76.9 cm³/mol. The molecule has 1 aromatic heterocycles. The fraction of sp³-hybridized carbons (Fsp3) is 0.308. The number of carboxylic acids is 1. The number of carboxylic acid groups (broad SMARTS) is 1. The van der Waals surface area contributed by atoms with Crippen molar-refractivity contribution in [2.24, 2.45) is 0 Å². The van der Waals surface area contributed by atoms with E-state index in [2.05, 4.69) is 9.55 Å². The van der Waals surface area contributed by atoms with Crippen molar-refractivity contribution in [1.82, 2.24) is 14.5 Å². The number of imidazole rings is 1. The molecule has 0 aromatic carbocycles. The number of aryl methyl sites for hydroxylation is 1. The summed E-state index contributed by atoms with van der Waals surface area (Å²) < 4.78 is 2.09. The fourth-order valence-corrected chi connectivity index (χ4v) is 4.63. The fourth-order valence-electron chi connectivity index (χ4n) is 2.58. The minimum atomic E-state index is -1.31. The van der Waals surface area contributed by atoms with Crippen molar-refractivity contribution in [1.29, 1.82) is 0 Å². The first-order valence-corrected chi connectivity index (χ1v) is 8.40. The van der Waals surface area contributed by atoms with Crippen molar-refractivity contribution in [2.45, 2.75) is 23.5 Å². The Hall–Kier alpha value is -0.670. The van der Waals surface area contributed by atoms with Crippen LogP contribution in [0, 0.1) is 0 Å². The SMILES string of the molecule is O=C([O-])C1=CS[C@@H]2/C(=C\c3cn4c(n3)SCCC4)C(=O)N12.[Na+]. The summed E-state index contributed by atoms with van der Waals surface area (Å²) in [6, 6.07) is 0. The monoisotopic (exact) mass is 343 g/mol. The summed E-state index contributed by atoms with van der Waals surface area (Å²) in [5, 5.41) is 13.1. The summed E-state index contributed by atoms with van der Waals surface area (Å²) in [5.74, 6) is -0.526. The van der Waals surface area contributed by atoms with E-state index >= 15 is 0 Å². The van der Waals surface area contributed by atoms with Gasteiger partial charge in [0.2, 0.25) is 0 Å². The number of hydrogen-bond donors (Lipinski definition) is 0. The average Bonchev–Trinajstić information content (AvgIpc) is 3.05. The second-order valence-corrected chi connectivity index (χ2v) is 6.91. The first kappa shape index (κ1) is 16.2. The van der Waals surface area contributed by atoms with E-state index in [0.29, 0.717) is 5.57 Å². The van der Waals surface area contributed by atoms with Gasteiger partial charge < -0.3 is 14.5 Å². The molecule has 6 nitrogen and oxygen atoms in total. The molecule has 0 saturated carbocycles. The number of carbonyl (C=O) groups excluding carboxylic acids is 2. The maximum Gasteiger partial charge on any atom is 1.00 e. The molecule has 22 heavy (non-hydrogen) atoms. The van der Waals surface area contributed by atoms with Crippen molar-refractivity contribution < 1.29 is 44.3 Å². The predicted octanol–water partition coefficient (Wildman–Crippen LogP) is -2.73. The Morgan fingerprint density at radius 1 is 1.50 bits per heavy atom. The van der Waals surface area contributed by atoms with Gasteiger partial charge in [-0.3, -0.25) is 9.69 Å². The van der Waals surface area contributed by atoms with Gasteiger partial charge >= 0.3 is 29.6 Å². The summed E-state index contributed by atoms with van der Waals surface area (Å²) in [4.78, 5) is 28.7. The van der Waals surface area contributed by atoms with Crippen LogP contribution in [0.25, 0.3) is 6.08 Å². The molecule has 0 N–H and O–H groups in total. The Bertz CT molecular complexity index is 705. The molecular weight excluding hydrogens is 333 g/mol. The Balaban J connectivity index is 0.00000144. The van der Waals surface area contributed by atoms with E-state index < -0.39 is 5.97 Å². The Labute approximate surface area is 157 Å². The molecule has 9 heteroatoms. The van der Waals surface area contributed by atoms with E-state index in [1.54, 1.807) is 17.8 Å². The van der Waals surface area contributed by atoms with Gasteiger partial charge in [-0.1, -0.05) is 11.8 Å². The van der Waals surface area contributed by atoms with E-state index in [9.17, 15) is 14.7 Å². The van der Waals surface area contributed by atoms with Gasteiger partial charge in [-0.2, -0.15) is 0 Å².